The van der Waals surface area contributed by atoms with E-state index < -0.39 is 0 Å². The average molecular weight is 342 g/mol. The fourth-order valence-corrected chi connectivity index (χ4v) is 3.30. The van der Waals surface area contributed by atoms with E-state index in [0.29, 0.717) is 18.2 Å². The second-order valence-corrected chi connectivity index (χ2v) is 6.85. The summed E-state index contributed by atoms with van der Waals surface area (Å²) in [5.74, 6) is 1.83. The Labute approximate surface area is 146 Å². The first-order valence-corrected chi connectivity index (χ1v) is 9.25. The maximum absolute atomic E-state index is 12.2. The Hall–Kier alpha value is -2.08. The summed E-state index contributed by atoms with van der Waals surface area (Å²) in [6.45, 7) is 6.58. The lowest BCUT2D eigenvalue weighted by Gasteiger charge is -2.08. The van der Waals surface area contributed by atoms with Crippen LogP contribution in [0.25, 0.3) is 0 Å². The number of nitrogens with one attached hydrogen (secondary N) is 1. The molecule has 126 valence electrons. The van der Waals surface area contributed by atoms with Crippen molar-refractivity contribution in [1.82, 2.24) is 14.8 Å². The number of anilines is 1. The maximum atomic E-state index is 12.2. The van der Waals surface area contributed by atoms with Crippen LogP contribution in [0.4, 0.5) is 5.69 Å². The zero-order chi connectivity index (χ0) is 16.9. The summed E-state index contributed by atoms with van der Waals surface area (Å²) in [4.78, 5) is 12.2. The fourth-order valence-electron chi connectivity index (χ4n) is 2.55. The van der Waals surface area contributed by atoms with Gasteiger partial charge in [-0.1, -0.05) is 36.9 Å². The van der Waals surface area contributed by atoms with E-state index in [9.17, 15) is 4.79 Å². The minimum Gasteiger partial charge on any atom is -0.325 e. The molecule has 3 rings (SSSR count). The Morgan fingerprint density at radius 3 is 3.00 bits per heavy atom. The summed E-state index contributed by atoms with van der Waals surface area (Å²) < 4.78 is 2.07. The monoisotopic (exact) mass is 342 g/mol. The molecule has 0 radical (unpaired) electrons. The summed E-state index contributed by atoms with van der Waals surface area (Å²) in [7, 11) is 0. The van der Waals surface area contributed by atoms with Gasteiger partial charge in [0.15, 0.2) is 5.16 Å². The van der Waals surface area contributed by atoms with E-state index in [0.717, 1.165) is 23.1 Å². The van der Waals surface area contributed by atoms with Crippen molar-refractivity contribution in [1.29, 1.82) is 0 Å². The lowest BCUT2D eigenvalue weighted by Crippen LogP contribution is -2.15. The van der Waals surface area contributed by atoms with Gasteiger partial charge in [-0.25, -0.2) is 0 Å². The third-order valence-electron chi connectivity index (χ3n) is 3.95. The summed E-state index contributed by atoms with van der Waals surface area (Å²) in [6, 6.07) is 7.94. The minimum atomic E-state index is -0.0330. The molecule has 1 aliphatic carbocycles. The summed E-state index contributed by atoms with van der Waals surface area (Å²) >= 11 is 1.42. The van der Waals surface area contributed by atoms with Crippen LogP contribution < -0.4 is 5.32 Å². The van der Waals surface area contributed by atoms with Crippen LogP contribution in [0.2, 0.25) is 0 Å². The van der Waals surface area contributed by atoms with Gasteiger partial charge < -0.3 is 9.88 Å². The molecule has 2 aromatic rings. The predicted octanol–water partition coefficient (Wildman–Crippen LogP) is 3.63. The van der Waals surface area contributed by atoms with Crippen molar-refractivity contribution in [3.63, 3.8) is 0 Å². The van der Waals surface area contributed by atoms with Crippen molar-refractivity contribution >= 4 is 23.4 Å². The van der Waals surface area contributed by atoms with E-state index in [1.54, 1.807) is 0 Å². The SMILES string of the molecule is C=CCn1c(SCC(=O)Nc2cccc(CC)c2)nnc1C1CC1. The molecule has 0 aliphatic heterocycles. The molecule has 0 atom stereocenters. The smallest absolute Gasteiger partial charge is 0.234 e. The van der Waals surface area contributed by atoms with Crippen molar-refractivity contribution in [2.75, 3.05) is 11.1 Å². The molecule has 24 heavy (non-hydrogen) atoms. The van der Waals surface area contributed by atoms with Crippen LogP contribution in [0.3, 0.4) is 0 Å². The largest absolute Gasteiger partial charge is 0.325 e. The summed E-state index contributed by atoms with van der Waals surface area (Å²) in [5, 5.41) is 12.3. The molecule has 1 N–H and O–H groups in total. The Balaban J connectivity index is 1.60. The Morgan fingerprint density at radius 2 is 2.29 bits per heavy atom. The predicted molar refractivity (Wildman–Crippen MR) is 97.4 cm³/mol. The van der Waals surface area contributed by atoms with Crippen LogP contribution in [0, 0.1) is 0 Å². The quantitative estimate of drug-likeness (QED) is 0.588. The van der Waals surface area contributed by atoms with E-state index in [4.69, 9.17) is 0 Å². The Bertz CT molecular complexity index is 736. The molecule has 1 fully saturated rings. The number of nitrogens with zero attached hydrogens (tertiary/aromatic N) is 3. The molecule has 1 amide bonds. The van der Waals surface area contributed by atoms with Crippen molar-refractivity contribution < 1.29 is 4.79 Å². The molecule has 0 unspecified atom stereocenters. The van der Waals surface area contributed by atoms with Crippen LogP contribution in [0.15, 0.2) is 42.1 Å². The highest BCUT2D eigenvalue weighted by Crippen LogP contribution is 2.40. The summed E-state index contributed by atoms with van der Waals surface area (Å²) in [5.41, 5.74) is 2.05. The van der Waals surface area contributed by atoms with Crippen LogP contribution in [0.1, 0.15) is 37.1 Å². The molecular formula is C18H22N4OS. The third kappa shape index (κ3) is 4.06. The number of aryl methyl sites for hydroxylation is 1. The zero-order valence-electron chi connectivity index (χ0n) is 13.9. The minimum absolute atomic E-state index is 0.0330. The van der Waals surface area contributed by atoms with Crippen molar-refractivity contribution in [3.8, 4) is 0 Å². The number of aromatic nitrogens is 3. The molecule has 1 heterocycles. The number of carbonyl (C=O) groups excluding carboxylic acids is 1. The van der Waals surface area contributed by atoms with E-state index in [1.807, 2.05) is 24.3 Å². The number of hydrogen-bond acceptors (Lipinski definition) is 4. The molecule has 1 aliphatic rings. The average Bonchev–Trinajstić information content (AvgIpc) is 3.36. The van der Waals surface area contributed by atoms with E-state index in [2.05, 4.69) is 39.7 Å². The second-order valence-electron chi connectivity index (χ2n) is 5.91. The van der Waals surface area contributed by atoms with Crippen molar-refractivity contribution in [2.24, 2.45) is 0 Å². The maximum Gasteiger partial charge on any atom is 0.234 e. The van der Waals surface area contributed by atoms with E-state index in [1.165, 1.54) is 30.2 Å². The van der Waals surface area contributed by atoms with Crippen molar-refractivity contribution in [2.45, 2.75) is 43.8 Å². The normalized spacial score (nSPS) is 13.7. The van der Waals surface area contributed by atoms with Gasteiger partial charge in [0, 0.05) is 18.2 Å². The highest BCUT2D eigenvalue weighted by Gasteiger charge is 2.30. The van der Waals surface area contributed by atoms with Gasteiger partial charge in [-0.3, -0.25) is 4.79 Å². The lowest BCUT2D eigenvalue weighted by atomic mass is 10.1. The van der Waals surface area contributed by atoms with Gasteiger partial charge in [0.25, 0.3) is 0 Å². The molecular weight excluding hydrogens is 320 g/mol. The lowest BCUT2D eigenvalue weighted by molar-refractivity contribution is -0.113. The number of hydrogen-bond donors (Lipinski definition) is 1. The molecule has 0 spiro atoms. The molecule has 1 aromatic carbocycles. The van der Waals surface area contributed by atoms with Crippen LogP contribution in [-0.2, 0) is 17.8 Å². The highest BCUT2D eigenvalue weighted by molar-refractivity contribution is 7.99. The van der Waals surface area contributed by atoms with Crippen LogP contribution >= 0.6 is 11.8 Å². The fraction of sp³-hybridized carbons (Fsp3) is 0.389. The standard InChI is InChI=1S/C18H22N4OS/c1-3-10-22-17(14-8-9-14)20-21-18(22)24-12-16(23)19-15-7-5-6-13(4-2)11-15/h3,5-7,11,14H,1,4,8-10,12H2,2H3,(H,19,23). The van der Waals surface area contributed by atoms with Crippen LogP contribution in [-0.4, -0.2) is 26.4 Å². The molecule has 0 bridgehead atoms. The van der Waals surface area contributed by atoms with Gasteiger partial charge in [-0.2, -0.15) is 0 Å². The van der Waals surface area contributed by atoms with Gasteiger partial charge in [0.1, 0.15) is 5.82 Å². The highest BCUT2D eigenvalue weighted by atomic mass is 32.2. The van der Waals surface area contributed by atoms with Gasteiger partial charge in [0.05, 0.1) is 5.75 Å². The molecule has 1 saturated carbocycles. The molecule has 6 heteroatoms. The number of benzene rings is 1. The molecule has 1 aromatic heterocycles. The van der Waals surface area contributed by atoms with Gasteiger partial charge in [-0.05, 0) is 37.0 Å². The number of rotatable bonds is 8. The van der Waals surface area contributed by atoms with Crippen LogP contribution in [0.5, 0.6) is 0 Å². The number of allylic oxidation sites excluding steroid dienone is 1. The van der Waals surface area contributed by atoms with Gasteiger partial charge in [0.2, 0.25) is 5.91 Å². The number of thioether (sulfide) groups is 1. The van der Waals surface area contributed by atoms with Gasteiger partial charge >= 0.3 is 0 Å². The van der Waals surface area contributed by atoms with Crippen molar-refractivity contribution in [3.05, 3.63) is 48.3 Å². The first kappa shape index (κ1) is 16.8. The van der Waals surface area contributed by atoms with Gasteiger partial charge in [-0.15, -0.1) is 16.8 Å². The first-order chi connectivity index (χ1) is 11.7. The Kier molecular flexibility index (Phi) is 5.35. The van der Waals surface area contributed by atoms with E-state index >= 15 is 0 Å². The summed E-state index contributed by atoms with van der Waals surface area (Å²) in [6.07, 6.45) is 5.14. The topological polar surface area (TPSA) is 59.8 Å². The first-order valence-electron chi connectivity index (χ1n) is 8.26. The zero-order valence-corrected chi connectivity index (χ0v) is 14.7. The Morgan fingerprint density at radius 1 is 1.46 bits per heavy atom. The number of amides is 1. The van der Waals surface area contributed by atoms with E-state index in [-0.39, 0.29) is 5.91 Å². The molecule has 5 nitrogen and oxygen atoms in total. The second kappa shape index (κ2) is 7.66. The third-order valence-corrected chi connectivity index (χ3v) is 4.92. The molecule has 0 saturated heterocycles. The number of carbonyl (C=O) groups is 1.